The van der Waals surface area contributed by atoms with E-state index in [1.807, 2.05) is 36.4 Å². The standard InChI is InChI=1S/C26H29N5O5S/c1-2-36-23(33)15-20(19-11-7-4-8-12-19)29-22(32)16-28-24(34)21-17-37-26(30-21)31-25(35)27-14-13-18-9-5-3-6-10-18/h3-12,17,20H,2,13-16H2,1H3,(H,28,34)(H,29,32)(H2,27,30,31,35). The van der Waals surface area contributed by atoms with Crippen LogP contribution in [0.1, 0.15) is 41.0 Å². The van der Waals surface area contributed by atoms with Crippen LogP contribution in [0.3, 0.4) is 0 Å². The summed E-state index contributed by atoms with van der Waals surface area (Å²) in [5, 5.41) is 12.3. The molecule has 0 saturated carbocycles. The number of anilines is 1. The van der Waals surface area contributed by atoms with Gasteiger partial charge in [0, 0.05) is 11.9 Å². The molecule has 10 nitrogen and oxygen atoms in total. The lowest BCUT2D eigenvalue weighted by atomic mass is 10.0. The lowest BCUT2D eigenvalue weighted by Crippen LogP contribution is -2.39. The van der Waals surface area contributed by atoms with E-state index in [0.29, 0.717) is 13.0 Å². The Morgan fingerprint density at radius 3 is 2.38 bits per heavy atom. The summed E-state index contributed by atoms with van der Waals surface area (Å²) in [6.07, 6.45) is 0.652. The average Bonchev–Trinajstić information content (AvgIpc) is 3.36. The SMILES string of the molecule is CCOC(=O)CC(NC(=O)CNC(=O)c1csc(NC(=O)NCCc2ccccc2)n1)c1ccccc1. The number of hydrogen-bond donors (Lipinski definition) is 4. The van der Waals surface area contributed by atoms with E-state index in [9.17, 15) is 19.2 Å². The summed E-state index contributed by atoms with van der Waals surface area (Å²) < 4.78 is 5.00. The highest BCUT2D eigenvalue weighted by Crippen LogP contribution is 2.17. The fourth-order valence-electron chi connectivity index (χ4n) is 3.36. The maximum absolute atomic E-state index is 12.5. The van der Waals surface area contributed by atoms with Crippen molar-refractivity contribution in [1.82, 2.24) is 20.9 Å². The Morgan fingerprint density at radius 2 is 1.68 bits per heavy atom. The van der Waals surface area contributed by atoms with Gasteiger partial charge in [-0.15, -0.1) is 11.3 Å². The van der Waals surface area contributed by atoms with Crippen LogP contribution in [0.4, 0.5) is 9.93 Å². The van der Waals surface area contributed by atoms with E-state index >= 15 is 0 Å². The molecular formula is C26H29N5O5S. The zero-order valence-electron chi connectivity index (χ0n) is 20.4. The van der Waals surface area contributed by atoms with Gasteiger partial charge in [0.1, 0.15) is 5.69 Å². The number of aromatic nitrogens is 1. The molecule has 0 radical (unpaired) electrons. The minimum Gasteiger partial charge on any atom is -0.466 e. The molecule has 0 saturated heterocycles. The van der Waals surface area contributed by atoms with Gasteiger partial charge >= 0.3 is 12.0 Å². The van der Waals surface area contributed by atoms with E-state index < -0.39 is 29.9 Å². The molecule has 0 spiro atoms. The lowest BCUT2D eigenvalue weighted by Gasteiger charge is -2.18. The zero-order chi connectivity index (χ0) is 26.5. The first kappa shape index (κ1) is 27.3. The molecule has 1 aromatic heterocycles. The second-order valence-corrected chi connectivity index (χ2v) is 8.74. The van der Waals surface area contributed by atoms with Gasteiger partial charge in [-0.1, -0.05) is 60.7 Å². The molecule has 4 N–H and O–H groups in total. The van der Waals surface area contributed by atoms with Crippen molar-refractivity contribution >= 4 is 40.3 Å². The van der Waals surface area contributed by atoms with Gasteiger partial charge in [0.2, 0.25) is 5.91 Å². The largest absolute Gasteiger partial charge is 0.466 e. The maximum Gasteiger partial charge on any atom is 0.321 e. The van der Waals surface area contributed by atoms with Crippen molar-refractivity contribution in [3.63, 3.8) is 0 Å². The van der Waals surface area contributed by atoms with Crippen LogP contribution in [0, 0.1) is 0 Å². The smallest absolute Gasteiger partial charge is 0.321 e. The molecule has 0 aliphatic heterocycles. The van der Waals surface area contributed by atoms with E-state index in [2.05, 4.69) is 26.3 Å². The van der Waals surface area contributed by atoms with E-state index in [4.69, 9.17) is 4.74 Å². The van der Waals surface area contributed by atoms with Crippen molar-refractivity contribution in [2.45, 2.75) is 25.8 Å². The van der Waals surface area contributed by atoms with Crippen molar-refractivity contribution in [2.24, 2.45) is 0 Å². The molecule has 194 valence electrons. The van der Waals surface area contributed by atoms with E-state index in [1.54, 1.807) is 31.2 Å². The lowest BCUT2D eigenvalue weighted by molar-refractivity contribution is -0.143. The Hall–Kier alpha value is -4.25. The van der Waals surface area contributed by atoms with Crippen LogP contribution in [0.25, 0.3) is 0 Å². The van der Waals surface area contributed by atoms with Gasteiger partial charge in [0.25, 0.3) is 5.91 Å². The molecular weight excluding hydrogens is 494 g/mol. The molecule has 4 amide bonds. The Balaban J connectivity index is 1.45. The molecule has 1 unspecified atom stereocenters. The summed E-state index contributed by atoms with van der Waals surface area (Å²) >= 11 is 1.09. The molecule has 0 aliphatic carbocycles. The van der Waals surface area contributed by atoms with Gasteiger partial charge in [0.15, 0.2) is 5.13 Å². The van der Waals surface area contributed by atoms with Crippen molar-refractivity contribution in [3.05, 3.63) is 82.9 Å². The molecule has 1 heterocycles. The summed E-state index contributed by atoms with van der Waals surface area (Å²) in [6.45, 7) is 2.08. The van der Waals surface area contributed by atoms with Crippen LogP contribution >= 0.6 is 11.3 Å². The normalized spacial score (nSPS) is 11.2. The van der Waals surface area contributed by atoms with Crippen molar-refractivity contribution in [3.8, 4) is 0 Å². The number of benzene rings is 2. The quantitative estimate of drug-likeness (QED) is 0.269. The molecule has 2 aromatic carbocycles. The molecule has 3 rings (SSSR count). The van der Waals surface area contributed by atoms with Crippen LogP contribution in [0.2, 0.25) is 0 Å². The van der Waals surface area contributed by atoms with Gasteiger partial charge < -0.3 is 20.7 Å². The highest BCUT2D eigenvalue weighted by molar-refractivity contribution is 7.14. The molecule has 0 aliphatic rings. The second kappa shape index (κ2) is 14.3. The van der Waals surface area contributed by atoms with Crippen LogP contribution in [-0.2, 0) is 20.7 Å². The first-order valence-electron chi connectivity index (χ1n) is 11.8. The number of nitrogens with one attached hydrogen (secondary N) is 4. The Kier molecular flexibility index (Phi) is 10.6. The molecule has 37 heavy (non-hydrogen) atoms. The number of rotatable bonds is 12. The molecule has 3 aromatic rings. The van der Waals surface area contributed by atoms with Gasteiger partial charge in [-0.05, 0) is 24.5 Å². The van der Waals surface area contributed by atoms with Crippen LogP contribution in [0.15, 0.2) is 66.0 Å². The van der Waals surface area contributed by atoms with E-state index in [1.165, 1.54) is 5.38 Å². The van der Waals surface area contributed by atoms with Crippen molar-refractivity contribution in [1.29, 1.82) is 0 Å². The minimum atomic E-state index is -0.597. The highest BCUT2D eigenvalue weighted by Gasteiger charge is 2.20. The third-order valence-electron chi connectivity index (χ3n) is 5.12. The summed E-state index contributed by atoms with van der Waals surface area (Å²) in [5.74, 6) is -1.48. The average molecular weight is 524 g/mol. The summed E-state index contributed by atoms with van der Waals surface area (Å²) in [6, 6.07) is 17.8. The Morgan fingerprint density at radius 1 is 0.973 bits per heavy atom. The highest BCUT2D eigenvalue weighted by atomic mass is 32.1. The number of esters is 1. The Labute approximate surface area is 218 Å². The Bertz CT molecular complexity index is 1190. The number of thiazole rings is 1. The van der Waals surface area contributed by atoms with Crippen LogP contribution < -0.4 is 21.3 Å². The van der Waals surface area contributed by atoms with Crippen molar-refractivity contribution < 1.29 is 23.9 Å². The topological polar surface area (TPSA) is 139 Å². The van der Waals surface area contributed by atoms with Gasteiger partial charge in [-0.2, -0.15) is 0 Å². The van der Waals surface area contributed by atoms with Gasteiger partial charge in [-0.3, -0.25) is 19.7 Å². The van der Waals surface area contributed by atoms with Gasteiger partial charge in [-0.25, -0.2) is 9.78 Å². The molecule has 0 bridgehead atoms. The predicted molar refractivity (Wildman–Crippen MR) is 140 cm³/mol. The number of hydrogen-bond acceptors (Lipinski definition) is 7. The maximum atomic E-state index is 12.5. The summed E-state index contributed by atoms with van der Waals surface area (Å²) in [7, 11) is 0. The number of nitrogens with zero attached hydrogens (tertiary/aromatic N) is 1. The number of urea groups is 1. The monoisotopic (exact) mass is 523 g/mol. The molecule has 1 atom stereocenters. The first-order valence-corrected chi connectivity index (χ1v) is 12.6. The fourth-order valence-corrected chi connectivity index (χ4v) is 4.05. The summed E-state index contributed by atoms with van der Waals surface area (Å²) in [5.41, 5.74) is 1.92. The van der Waals surface area contributed by atoms with Crippen LogP contribution in [0.5, 0.6) is 0 Å². The van der Waals surface area contributed by atoms with Gasteiger partial charge in [0.05, 0.1) is 25.6 Å². The fraction of sp³-hybridized carbons (Fsp3) is 0.269. The first-order chi connectivity index (χ1) is 17.9. The predicted octanol–water partition coefficient (Wildman–Crippen LogP) is 3.05. The minimum absolute atomic E-state index is 0.0356. The number of amides is 4. The number of ether oxygens (including phenoxy) is 1. The number of carbonyl (C=O) groups is 4. The molecule has 0 fully saturated rings. The van der Waals surface area contributed by atoms with Crippen LogP contribution in [-0.4, -0.2) is 48.5 Å². The second-order valence-electron chi connectivity index (χ2n) is 7.88. The molecule has 11 heteroatoms. The third-order valence-corrected chi connectivity index (χ3v) is 5.88. The van der Waals surface area contributed by atoms with E-state index in [-0.39, 0.29) is 30.4 Å². The zero-order valence-corrected chi connectivity index (χ0v) is 21.2. The van der Waals surface area contributed by atoms with Crippen molar-refractivity contribution in [2.75, 3.05) is 25.0 Å². The van der Waals surface area contributed by atoms with E-state index in [0.717, 1.165) is 22.5 Å². The third kappa shape index (κ3) is 9.37. The number of carbonyl (C=O) groups excluding carboxylic acids is 4. The summed E-state index contributed by atoms with van der Waals surface area (Å²) in [4.78, 5) is 53.1.